The zero-order valence-corrected chi connectivity index (χ0v) is 23.9. The number of carbonyl (C=O) groups is 3. The number of carbonyl (C=O) groups excluding carboxylic acids is 3. The molecule has 4 aromatic rings. The molecule has 0 N–H and O–H groups in total. The number of anilines is 1. The molecule has 7 nitrogen and oxygen atoms in total. The van der Waals surface area contributed by atoms with Crippen LogP contribution in [0.2, 0.25) is 0 Å². The highest BCUT2D eigenvalue weighted by Crippen LogP contribution is 2.34. The lowest BCUT2D eigenvalue weighted by Crippen LogP contribution is -2.27. The summed E-state index contributed by atoms with van der Waals surface area (Å²) in [5.74, 6) is 0.147. The van der Waals surface area contributed by atoms with E-state index >= 15 is 0 Å². The van der Waals surface area contributed by atoms with Gasteiger partial charge in [-0.1, -0.05) is 68.4 Å². The highest BCUT2D eigenvalue weighted by molar-refractivity contribution is 6.01. The van der Waals surface area contributed by atoms with Gasteiger partial charge in [0.1, 0.15) is 17.2 Å². The van der Waals surface area contributed by atoms with Crippen LogP contribution in [0.1, 0.15) is 41.8 Å². The van der Waals surface area contributed by atoms with Crippen LogP contribution in [0.4, 0.5) is 5.69 Å². The van der Waals surface area contributed by atoms with Gasteiger partial charge in [0.2, 0.25) is 5.91 Å². The number of hydrogen-bond donors (Lipinski definition) is 0. The molecule has 1 heterocycles. The van der Waals surface area contributed by atoms with Crippen molar-refractivity contribution in [2.45, 2.75) is 25.7 Å². The largest absolute Gasteiger partial charge is 0.497 e. The SMILES string of the molecule is COc1cccc(C(=O)COC(=O)[C@@H]2CC(=O)N(c3ccc(Oc4ccc(C(C)(C)c5ccccc5)cc4)cc3)C2)c1. The summed E-state index contributed by atoms with van der Waals surface area (Å²) in [6.45, 7) is 4.18. The Hall–Kier alpha value is -4.91. The second-order valence-corrected chi connectivity index (χ2v) is 10.8. The predicted octanol–water partition coefficient (Wildman–Crippen LogP) is 6.59. The van der Waals surface area contributed by atoms with Crippen molar-refractivity contribution < 1.29 is 28.6 Å². The fourth-order valence-electron chi connectivity index (χ4n) is 5.04. The zero-order chi connectivity index (χ0) is 29.7. The van der Waals surface area contributed by atoms with Gasteiger partial charge < -0.3 is 19.1 Å². The summed E-state index contributed by atoms with van der Waals surface area (Å²) in [5, 5.41) is 0. The molecule has 1 saturated heterocycles. The van der Waals surface area contributed by atoms with E-state index in [9.17, 15) is 14.4 Å². The van der Waals surface area contributed by atoms with E-state index in [-0.39, 0.29) is 30.1 Å². The van der Waals surface area contributed by atoms with E-state index in [1.54, 1.807) is 53.4 Å². The third-order valence-corrected chi connectivity index (χ3v) is 7.65. The molecule has 0 bridgehead atoms. The summed E-state index contributed by atoms with van der Waals surface area (Å²) in [7, 11) is 1.51. The number of nitrogens with zero attached hydrogens (tertiary/aromatic N) is 1. The molecule has 1 atom stereocenters. The van der Waals surface area contributed by atoms with Crippen molar-refractivity contribution in [3.63, 3.8) is 0 Å². The average Bonchev–Trinajstić information content (AvgIpc) is 3.42. The number of amides is 1. The van der Waals surface area contributed by atoms with Crippen molar-refractivity contribution >= 4 is 23.3 Å². The van der Waals surface area contributed by atoms with Crippen molar-refractivity contribution in [2.75, 3.05) is 25.2 Å². The van der Waals surface area contributed by atoms with Gasteiger partial charge in [0, 0.05) is 29.6 Å². The van der Waals surface area contributed by atoms with E-state index < -0.39 is 18.5 Å². The average molecular weight is 564 g/mol. The van der Waals surface area contributed by atoms with Gasteiger partial charge in [-0.2, -0.15) is 0 Å². The Labute approximate surface area is 245 Å². The molecule has 0 radical (unpaired) electrons. The minimum absolute atomic E-state index is 0.0239. The normalized spacial score (nSPS) is 14.9. The zero-order valence-electron chi connectivity index (χ0n) is 23.9. The van der Waals surface area contributed by atoms with E-state index in [0.29, 0.717) is 28.5 Å². The summed E-state index contributed by atoms with van der Waals surface area (Å²) < 4.78 is 16.4. The van der Waals surface area contributed by atoms with E-state index in [1.807, 2.05) is 30.3 Å². The molecule has 0 unspecified atom stereocenters. The molecule has 0 aromatic heterocycles. The summed E-state index contributed by atoms with van der Waals surface area (Å²) in [5.41, 5.74) is 3.33. The first kappa shape index (κ1) is 28.6. The maximum absolute atomic E-state index is 12.7. The molecule has 7 heteroatoms. The Bertz CT molecular complexity index is 1560. The second-order valence-electron chi connectivity index (χ2n) is 10.8. The van der Waals surface area contributed by atoms with Gasteiger partial charge in [-0.3, -0.25) is 14.4 Å². The Kier molecular flexibility index (Phi) is 8.38. The van der Waals surface area contributed by atoms with Crippen LogP contribution in [-0.4, -0.2) is 37.9 Å². The second kappa shape index (κ2) is 12.3. The van der Waals surface area contributed by atoms with Gasteiger partial charge in [-0.05, 0) is 59.7 Å². The van der Waals surface area contributed by atoms with Gasteiger partial charge in [0.05, 0.1) is 13.0 Å². The monoisotopic (exact) mass is 563 g/mol. The Morgan fingerprint density at radius 3 is 2.12 bits per heavy atom. The molecule has 42 heavy (non-hydrogen) atoms. The molecular formula is C35H33NO6. The van der Waals surface area contributed by atoms with Crippen molar-refractivity contribution in [1.82, 2.24) is 0 Å². The third-order valence-electron chi connectivity index (χ3n) is 7.65. The first-order chi connectivity index (χ1) is 20.2. The first-order valence-electron chi connectivity index (χ1n) is 13.8. The fourth-order valence-corrected chi connectivity index (χ4v) is 5.04. The maximum atomic E-state index is 12.7. The quantitative estimate of drug-likeness (QED) is 0.160. The number of ether oxygens (including phenoxy) is 3. The smallest absolute Gasteiger partial charge is 0.311 e. The van der Waals surface area contributed by atoms with E-state index in [4.69, 9.17) is 14.2 Å². The van der Waals surface area contributed by atoms with Crippen LogP contribution in [0.3, 0.4) is 0 Å². The van der Waals surface area contributed by atoms with Crippen LogP contribution in [0.25, 0.3) is 0 Å². The number of methoxy groups -OCH3 is 1. The fraction of sp³-hybridized carbons (Fsp3) is 0.229. The standard InChI is InChI=1S/C35H33NO6/c1-35(2,26-9-5-4-6-10-26)27-12-16-29(17-13-27)42-30-18-14-28(15-19-30)36-22-25(21-33(36)38)34(39)41-23-32(37)24-8-7-11-31(20-24)40-3/h4-20,25H,21-23H2,1-3H3/t25-/m1/s1. The molecule has 1 fully saturated rings. The highest BCUT2D eigenvalue weighted by atomic mass is 16.5. The van der Waals surface area contributed by atoms with E-state index in [2.05, 4.69) is 38.1 Å². The number of hydrogen-bond acceptors (Lipinski definition) is 6. The van der Waals surface area contributed by atoms with Gasteiger partial charge in [-0.15, -0.1) is 0 Å². The Morgan fingerprint density at radius 1 is 0.810 bits per heavy atom. The third kappa shape index (κ3) is 6.36. The topological polar surface area (TPSA) is 82.1 Å². The Balaban J connectivity index is 1.16. The van der Waals surface area contributed by atoms with Gasteiger partial charge >= 0.3 is 5.97 Å². The molecule has 214 valence electrons. The predicted molar refractivity (Wildman–Crippen MR) is 160 cm³/mol. The van der Waals surface area contributed by atoms with Crippen molar-refractivity contribution in [3.8, 4) is 17.2 Å². The van der Waals surface area contributed by atoms with Crippen LogP contribution < -0.4 is 14.4 Å². The Morgan fingerprint density at radius 2 is 1.45 bits per heavy atom. The van der Waals surface area contributed by atoms with Crippen molar-refractivity contribution in [1.29, 1.82) is 0 Å². The van der Waals surface area contributed by atoms with Crippen LogP contribution in [0.5, 0.6) is 17.2 Å². The number of rotatable bonds is 10. The maximum Gasteiger partial charge on any atom is 0.311 e. The number of ketones is 1. The summed E-state index contributed by atoms with van der Waals surface area (Å²) >= 11 is 0. The molecule has 0 aliphatic carbocycles. The minimum Gasteiger partial charge on any atom is -0.497 e. The van der Waals surface area contributed by atoms with Crippen molar-refractivity contribution in [2.24, 2.45) is 5.92 Å². The van der Waals surface area contributed by atoms with Crippen LogP contribution >= 0.6 is 0 Å². The molecule has 0 saturated carbocycles. The van der Waals surface area contributed by atoms with Crippen LogP contribution in [0.15, 0.2) is 103 Å². The summed E-state index contributed by atoms with van der Waals surface area (Å²) in [6.07, 6.45) is 0.0239. The van der Waals surface area contributed by atoms with Crippen LogP contribution in [-0.2, 0) is 19.7 Å². The number of Topliss-reactive ketones (excluding diaryl/α,β-unsaturated/α-hetero) is 1. The summed E-state index contributed by atoms with van der Waals surface area (Å²) in [6, 6.07) is 32.2. The lowest BCUT2D eigenvalue weighted by atomic mass is 9.78. The molecule has 1 amide bonds. The van der Waals surface area contributed by atoms with Crippen LogP contribution in [0, 0.1) is 5.92 Å². The first-order valence-corrected chi connectivity index (χ1v) is 13.8. The molecular weight excluding hydrogens is 530 g/mol. The summed E-state index contributed by atoms with van der Waals surface area (Å²) in [4.78, 5) is 39.4. The minimum atomic E-state index is -0.648. The highest BCUT2D eigenvalue weighted by Gasteiger charge is 2.36. The van der Waals surface area contributed by atoms with Gasteiger partial charge in [0.15, 0.2) is 12.4 Å². The van der Waals surface area contributed by atoms with Crippen molar-refractivity contribution in [3.05, 3.63) is 120 Å². The molecule has 5 rings (SSSR count). The molecule has 0 spiro atoms. The lowest BCUT2D eigenvalue weighted by Gasteiger charge is -2.26. The molecule has 1 aliphatic rings. The van der Waals surface area contributed by atoms with E-state index in [0.717, 1.165) is 0 Å². The number of esters is 1. The van der Waals surface area contributed by atoms with Gasteiger partial charge in [-0.25, -0.2) is 0 Å². The molecule has 4 aromatic carbocycles. The molecule has 1 aliphatic heterocycles. The van der Waals surface area contributed by atoms with E-state index in [1.165, 1.54) is 18.2 Å². The van der Waals surface area contributed by atoms with Gasteiger partial charge in [0.25, 0.3) is 0 Å². The lowest BCUT2D eigenvalue weighted by molar-refractivity contribution is -0.147. The number of benzene rings is 4.